The van der Waals surface area contributed by atoms with Crippen molar-refractivity contribution in [2.45, 2.75) is 26.3 Å². The van der Waals surface area contributed by atoms with Gasteiger partial charge >= 0.3 is 5.97 Å². The Morgan fingerprint density at radius 1 is 1.77 bits per heavy atom. The van der Waals surface area contributed by atoms with Crippen molar-refractivity contribution in [1.29, 1.82) is 0 Å². The Balaban J connectivity index is 2.80. The number of carbonyl (C=O) groups is 1. The van der Waals surface area contributed by atoms with Gasteiger partial charge in [0.05, 0.1) is 7.11 Å². The number of carbonyl (C=O) groups excluding carboxylic acids is 1. The number of nitrogens with zero attached hydrogens (tertiary/aromatic N) is 2. The van der Waals surface area contributed by atoms with E-state index in [0.717, 1.165) is 6.42 Å². The van der Waals surface area contributed by atoms with E-state index in [1.54, 1.807) is 16.9 Å². The molecule has 1 aromatic rings. The SMILES string of the molecule is CCC(C)n1ccc(C(=O)OC)n1. The van der Waals surface area contributed by atoms with Gasteiger partial charge in [-0.2, -0.15) is 5.10 Å². The van der Waals surface area contributed by atoms with Crippen molar-refractivity contribution in [3.63, 3.8) is 0 Å². The van der Waals surface area contributed by atoms with E-state index in [4.69, 9.17) is 0 Å². The van der Waals surface area contributed by atoms with E-state index in [1.807, 2.05) is 6.92 Å². The highest BCUT2D eigenvalue weighted by molar-refractivity contribution is 5.86. The Hall–Kier alpha value is -1.32. The highest BCUT2D eigenvalue weighted by atomic mass is 16.5. The summed E-state index contributed by atoms with van der Waals surface area (Å²) in [5.74, 6) is -0.387. The van der Waals surface area contributed by atoms with Gasteiger partial charge in [0, 0.05) is 12.2 Å². The lowest BCUT2D eigenvalue weighted by Gasteiger charge is -2.07. The Morgan fingerprint density at radius 3 is 3.00 bits per heavy atom. The average molecular weight is 182 g/mol. The van der Waals surface area contributed by atoms with Crippen LogP contribution in [0.3, 0.4) is 0 Å². The van der Waals surface area contributed by atoms with Crippen molar-refractivity contribution in [3.8, 4) is 0 Å². The van der Waals surface area contributed by atoms with E-state index in [2.05, 4.69) is 16.8 Å². The van der Waals surface area contributed by atoms with Crippen molar-refractivity contribution in [2.75, 3.05) is 7.11 Å². The van der Waals surface area contributed by atoms with Gasteiger partial charge in [-0.05, 0) is 19.4 Å². The van der Waals surface area contributed by atoms with E-state index in [0.29, 0.717) is 11.7 Å². The molecule has 13 heavy (non-hydrogen) atoms. The standard InChI is InChI=1S/C9H14N2O2/c1-4-7(2)11-6-5-8(10-11)9(12)13-3/h5-7H,4H2,1-3H3. The molecular formula is C9H14N2O2. The minimum atomic E-state index is -0.387. The van der Waals surface area contributed by atoms with E-state index >= 15 is 0 Å². The Kier molecular flexibility index (Phi) is 3.06. The van der Waals surface area contributed by atoms with Gasteiger partial charge in [-0.1, -0.05) is 6.92 Å². The molecule has 0 aliphatic rings. The topological polar surface area (TPSA) is 44.1 Å². The van der Waals surface area contributed by atoms with Crippen LogP contribution in [0.1, 0.15) is 36.8 Å². The summed E-state index contributed by atoms with van der Waals surface area (Å²) in [5.41, 5.74) is 0.364. The molecule has 1 heterocycles. The first-order valence-electron chi connectivity index (χ1n) is 4.32. The maximum atomic E-state index is 11.0. The molecule has 4 nitrogen and oxygen atoms in total. The number of methoxy groups -OCH3 is 1. The van der Waals surface area contributed by atoms with Crippen LogP contribution >= 0.6 is 0 Å². The van der Waals surface area contributed by atoms with Crippen LogP contribution in [0.25, 0.3) is 0 Å². The summed E-state index contributed by atoms with van der Waals surface area (Å²) in [5, 5.41) is 4.09. The Labute approximate surface area is 77.5 Å². The van der Waals surface area contributed by atoms with Crippen molar-refractivity contribution in [3.05, 3.63) is 18.0 Å². The third-order valence-electron chi connectivity index (χ3n) is 2.05. The number of hydrogen-bond acceptors (Lipinski definition) is 3. The number of ether oxygens (including phenoxy) is 1. The second-order valence-corrected chi connectivity index (χ2v) is 2.93. The molecule has 0 amide bonds. The molecule has 0 aromatic carbocycles. The second-order valence-electron chi connectivity index (χ2n) is 2.93. The number of aromatic nitrogens is 2. The van der Waals surface area contributed by atoms with E-state index in [-0.39, 0.29) is 5.97 Å². The van der Waals surface area contributed by atoms with Crippen LogP contribution < -0.4 is 0 Å². The minimum Gasteiger partial charge on any atom is -0.464 e. The smallest absolute Gasteiger partial charge is 0.358 e. The fourth-order valence-corrected chi connectivity index (χ4v) is 0.984. The first-order valence-corrected chi connectivity index (χ1v) is 4.32. The van der Waals surface area contributed by atoms with Crippen LogP contribution in [0.2, 0.25) is 0 Å². The van der Waals surface area contributed by atoms with Gasteiger partial charge in [0.25, 0.3) is 0 Å². The quantitative estimate of drug-likeness (QED) is 0.667. The van der Waals surface area contributed by atoms with Crippen LogP contribution in [0.5, 0.6) is 0 Å². The molecular weight excluding hydrogens is 168 g/mol. The fourth-order valence-electron chi connectivity index (χ4n) is 0.984. The van der Waals surface area contributed by atoms with E-state index in [1.165, 1.54) is 7.11 Å². The summed E-state index contributed by atoms with van der Waals surface area (Å²) in [6.45, 7) is 4.12. The molecule has 0 spiro atoms. The third-order valence-corrected chi connectivity index (χ3v) is 2.05. The number of hydrogen-bond donors (Lipinski definition) is 0. The van der Waals surface area contributed by atoms with Gasteiger partial charge in [-0.15, -0.1) is 0 Å². The molecule has 0 N–H and O–H groups in total. The molecule has 1 rings (SSSR count). The lowest BCUT2D eigenvalue weighted by atomic mass is 10.3. The zero-order chi connectivity index (χ0) is 9.84. The maximum absolute atomic E-state index is 11.0. The lowest BCUT2D eigenvalue weighted by Crippen LogP contribution is -2.07. The molecule has 0 radical (unpaired) electrons. The van der Waals surface area contributed by atoms with Gasteiger partial charge in [-0.25, -0.2) is 4.79 Å². The molecule has 0 fully saturated rings. The van der Waals surface area contributed by atoms with Crippen LogP contribution in [-0.2, 0) is 4.74 Å². The summed E-state index contributed by atoms with van der Waals surface area (Å²) in [7, 11) is 1.35. The fraction of sp³-hybridized carbons (Fsp3) is 0.556. The predicted molar refractivity (Wildman–Crippen MR) is 48.6 cm³/mol. The summed E-state index contributed by atoms with van der Waals surface area (Å²) >= 11 is 0. The van der Waals surface area contributed by atoms with Gasteiger partial charge < -0.3 is 4.74 Å². The first-order chi connectivity index (χ1) is 6.19. The van der Waals surface area contributed by atoms with Gasteiger partial charge in [0.15, 0.2) is 5.69 Å². The molecule has 1 atom stereocenters. The molecule has 1 unspecified atom stereocenters. The van der Waals surface area contributed by atoms with Gasteiger partial charge in [-0.3, -0.25) is 4.68 Å². The zero-order valence-corrected chi connectivity index (χ0v) is 8.15. The summed E-state index contributed by atoms with van der Waals surface area (Å²) in [4.78, 5) is 11.0. The minimum absolute atomic E-state index is 0.318. The zero-order valence-electron chi connectivity index (χ0n) is 8.15. The van der Waals surface area contributed by atoms with Crippen LogP contribution in [0, 0.1) is 0 Å². The van der Waals surface area contributed by atoms with Crippen molar-refractivity contribution < 1.29 is 9.53 Å². The summed E-state index contributed by atoms with van der Waals surface area (Å²) < 4.78 is 6.32. The number of rotatable bonds is 3. The Bertz CT molecular complexity index is 294. The van der Waals surface area contributed by atoms with Crippen molar-refractivity contribution >= 4 is 5.97 Å². The van der Waals surface area contributed by atoms with Gasteiger partial charge in [0.1, 0.15) is 0 Å². The predicted octanol–water partition coefficient (Wildman–Crippen LogP) is 1.64. The molecule has 0 aliphatic carbocycles. The maximum Gasteiger partial charge on any atom is 0.358 e. The molecule has 0 saturated heterocycles. The summed E-state index contributed by atoms with van der Waals surface area (Å²) in [6.07, 6.45) is 2.78. The van der Waals surface area contributed by atoms with Crippen LogP contribution in [0.15, 0.2) is 12.3 Å². The Morgan fingerprint density at radius 2 is 2.46 bits per heavy atom. The molecule has 0 aliphatic heterocycles. The highest BCUT2D eigenvalue weighted by Gasteiger charge is 2.10. The van der Waals surface area contributed by atoms with E-state index < -0.39 is 0 Å². The highest BCUT2D eigenvalue weighted by Crippen LogP contribution is 2.09. The summed E-state index contributed by atoms with van der Waals surface area (Å²) in [6, 6.07) is 1.98. The van der Waals surface area contributed by atoms with Crippen molar-refractivity contribution in [1.82, 2.24) is 9.78 Å². The normalized spacial score (nSPS) is 12.5. The van der Waals surface area contributed by atoms with Crippen molar-refractivity contribution in [2.24, 2.45) is 0 Å². The van der Waals surface area contributed by atoms with Crippen LogP contribution in [0.4, 0.5) is 0 Å². The molecule has 0 bridgehead atoms. The third kappa shape index (κ3) is 2.08. The molecule has 4 heteroatoms. The second kappa shape index (κ2) is 4.07. The van der Waals surface area contributed by atoms with E-state index in [9.17, 15) is 4.79 Å². The largest absolute Gasteiger partial charge is 0.464 e. The lowest BCUT2D eigenvalue weighted by molar-refractivity contribution is 0.0592. The molecule has 72 valence electrons. The first kappa shape index (κ1) is 9.77. The molecule has 1 aromatic heterocycles. The van der Waals surface area contributed by atoms with Crippen LogP contribution in [-0.4, -0.2) is 22.9 Å². The monoisotopic (exact) mass is 182 g/mol. The van der Waals surface area contributed by atoms with Gasteiger partial charge in [0.2, 0.25) is 0 Å². The molecule has 0 saturated carbocycles. The number of esters is 1. The average Bonchev–Trinajstić information content (AvgIpc) is 2.64.